The smallest absolute Gasteiger partial charge is 0.267 e. The lowest BCUT2D eigenvalue weighted by Crippen LogP contribution is -2.27. The van der Waals surface area contributed by atoms with Crippen LogP contribution in [-0.4, -0.2) is 22.5 Å². The van der Waals surface area contributed by atoms with E-state index in [0.717, 1.165) is 16.2 Å². The first-order valence-corrected chi connectivity index (χ1v) is 9.53. The van der Waals surface area contributed by atoms with Gasteiger partial charge in [0, 0.05) is 22.7 Å². The number of hydrogen-bond acceptors (Lipinski definition) is 5. The molecule has 1 unspecified atom stereocenters. The molecule has 2 aromatic carbocycles. The molecule has 7 heteroatoms. The number of rotatable bonds is 4. The summed E-state index contributed by atoms with van der Waals surface area (Å²) in [6.07, 6.45) is 0.568. The molecule has 138 valence electrons. The van der Waals surface area contributed by atoms with Crippen molar-refractivity contribution in [3.63, 3.8) is 0 Å². The van der Waals surface area contributed by atoms with Crippen molar-refractivity contribution in [1.82, 2.24) is 5.01 Å². The van der Waals surface area contributed by atoms with Crippen molar-refractivity contribution in [3.8, 4) is 0 Å². The van der Waals surface area contributed by atoms with Crippen molar-refractivity contribution in [2.24, 2.45) is 10.3 Å². The molecule has 28 heavy (non-hydrogen) atoms. The van der Waals surface area contributed by atoms with Crippen LogP contribution in [0.25, 0.3) is 0 Å². The Morgan fingerprint density at radius 2 is 1.71 bits per heavy atom. The van der Waals surface area contributed by atoms with E-state index in [1.807, 2.05) is 35.7 Å². The molecule has 0 radical (unpaired) electrons. The summed E-state index contributed by atoms with van der Waals surface area (Å²) in [4.78, 5) is 36.0. The maximum Gasteiger partial charge on any atom is 0.316 e. The van der Waals surface area contributed by atoms with Crippen LogP contribution in [0.15, 0.2) is 82.4 Å². The van der Waals surface area contributed by atoms with Gasteiger partial charge in [0.25, 0.3) is 5.91 Å². The zero-order valence-corrected chi connectivity index (χ0v) is 15.5. The van der Waals surface area contributed by atoms with Gasteiger partial charge < -0.3 is 0 Å². The monoisotopic (exact) mass is 389 g/mol. The summed E-state index contributed by atoms with van der Waals surface area (Å²) in [5, 5.41) is 10.5. The van der Waals surface area contributed by atoms with Crippen LogP contribution in [0.3, 0.4) is 0 Å². The molecule has 0 bridgehead atoms. The molecule has 2 amide bonds. The Balaban J connectivity index is 1.69. The molecule has 0 saturated heterocycles. The lowest BCUT2D eigenvalue weighted by atomic mass is 9.99. The molecule has 1 atom stereocenters. The van der Waals surface area contributed by atoms with Crippen molar-refractivity contribution < 1.29 is 9.59 Å². The van der Waals surface area contributed by atoms with Crippen molar-refractivity contribution in [2.45, 2.75) is 12.5 Å². The van der Waals surface area contributed by atoms with Gasteiger partial charge in [0.2, 0.25) is 0 Å². The molecule has 0 N–H and O–H groups in total. The number of hydrogen-bond donors (Lipinski definition) is 0. The summed E-state index contributed by atoms with van der Waals surface area (Å²) < 4.78 is 0. The molecular formula is C21H15N3O3S. The molecule has 1 aliphatic rings. The van der Waals surface area contributed by atoms with Crippen LogP contribution in [0.1, 0.15) is 43.6 Å². The van der Waals surface area contributed by atoms with Gasteiger partial charge >= 0.3 is 5.91 Å². The predicted octanol–water partition coefficient (Wildman–Crippen LogP) is 4.65. The average molecular weight is 389 g/mol. The molecule has 3 aromatic rings. The highest BCUT2D eigenvalue weighted by Gasteiger charge is 2.34. The summed E-state index contributed by atoms with van der Waals surface area (Å²) in [7, 11) is 0. The van der Waals surface area contributed by atoms with E-state index in [1.165, 1.54) is 5.01 Å². The van der Waals surface area contributed by atoms with Crippen LogP contribution in [0, 0.1) is 4.91 Å². The van der Waals surface area contributed by atoms with E-state index in [4.69, 9.17) is 0 Å². The highest BCUT2D eigenvalue weighted by atomic mass is 32.1. The molecule has 1 aliphatic heterocycles. The zero-order valence-electron chi connectivity index (χ0n) is 14.7. The summed E-state index contributed by atoms with van der Waals surface area (Å²) in [6.45, 7) is 0. The summed E-state index contributed by atoms with van der Waals surface area (Å²) in [5.41, 5.74) is 2.46. The van der Waals surface area contributed by atoms with Gasteiger partial charge in [-0.05, 0) is 41.3 Å². The quantitative estimate of drug-likeness (QED) is 0.610. The van der Waals surface area contributed by atoms with Gasteiger partial charge in [-0.25, -0.2) is 5.01 Å². The second-order valence-corrected chi connectivity index (χ2v) is 7.23. The number of benzene rings is 2. The lowest BCUT2D eigenvalue weighted by molar-refractivity contribution is 0.0711. The largest absolute Gasteiger partial charge is 0.316 e. The van der Waals surface area contributed by atoms with E-state index in [9.17, 15) is 14.5 Å². The fourth-order valence-electron chi connectivity index (χ4n) is 3.16. The Morgan fingerprint density at radius 3 is 2.36 bits per heavy atom. The van der Waals surface area contributed by atoms with E-state index >= 15 is 0 Å². The minimum absolute atomic E-state index is 0.188. The molecule has 0 fully saturated rings. The third kappa shape index (κ3) is 3.39. The van der Waals surface area contributed by atoms with E-state index in [0.29, 0.717) is 12.0 Å². The number of nitrogens with zero attached hydrogens (tertiary/aromatic N) is 3. The normalized spacial score (nSPS) is 15.9. The summed E-state index contributed by atoms with van der Waals surface area (Å²) >= 11 is 1.58. The van der Waals surface area contributed by atoms with Gasteiger partial charge in [-0.15, -0.1) is 16.2 Å². The molecule has 1 aromatic heterocycles. The van der Waals surface area contributed by atoms with Crippen LogP contribution in [-0.2, 0) is 0 Å². The number of carbonyl (C=O) groups excluding carboxylic acids is 2. The van der Waals surface area contributed by atoms with Gasteiger partial charge in [0.15, 0.2) is 0 Å². The number of nitroso groups, excluding NO2 is 1. The molecule has 0 spiro atoms. The Morgan fingerprint density at radius 1 is 0.964 bits per heavy atom. The number of amides is 2. The van der Waals surface area contributed by atoms with Crippen LogP contribution < -0.4 is 0 Å². The third-order valence-electron chi connectivity index (χ3n) is 4.57. The van der Waals surface area contributed by atoms with Crippen molar-refractivity contribution in [1.29, 1.82) is 0 Å². The molecule has 0 aliphatic carbocycles. The van der Waals surface area contributed by atoms with Gasteiger partial charge in [0.05, 0.1) is 16.6 Å². The second-order valence-electron chi connectivity index (χ2n) is 6.28. The highest BCUT2D eigenvalue weighted by Crippen LogP contribution is 2.35. The number of carbonyl (C=O) groups is 2. The molecule has 4 rings (SSSR count). The van der Waals surface area contributed by atoms with Gasteiger partial charge in [-0.1, -0.05) is 36.4 Å². The fourth-order valence-corrected chi connectivity index (χ4v) is 3.88. The minimum Gasteiger partial charge on any atom is -0.267 e. The standard InChI is InChI=1S/C21H15N3O3S/c25-20(23-27)15-10-8-14(9-11-15)18-13-17(19-7-4-12-28-19)22-24(18)21(26)16-5-2-1-3-6-16/h1-12,18H,13H2. The minimum atomic E-state index is -0.814. The zero-order chi connectivity index (χ0) is 19.5. The van der Waals surface area contributed by atoms with E-state index in [1.54, 1.807) is 47.7 Å². The molecule has 6 nitrogen and oxygen atoms in total. The third-order valence-corrected chi connectivity index (χ3v) is 5.49. The van der Waals surface area contributed by atoms with Gasteiger partial charge in [0.1, 0.15) is 0 Å². The van der Waals surface area contributed by atoms with E-state index < -0.39 is 5.91 Å². The van der Waals surface area contributed by atoms with E-state index in [-0.39, 0.29) is 17.5 Å². The maximum atomic E-state index is 13.1. The van der Waals surface area contributed by atoms with Crippen molar-refractivity contribution in [2.75, 3.05) is 0 Å². The van der Waals surface area contributed by atoms with Gasteiger partial charge in [-0.2, -0.15) is 5.10 Å². The molecule has 2 heterocycles. The summed E-state index contributed by atoms with van der Waals surface area (Å²) in [6, 6.07) is 19.2. The topological polar surface area (TPSA) is 79.2 Å². The predicted molar refractivity (Wildman–Crippen MR) is 107 cm³/mol. The first-order chi connectivity index (χ1) is 13.7. The summed E-state index contributed by atoms with van der Waals surface area (Å²) in [5.74, 6) is -1.00. The first-order valence-electron chi connectivity index (χ1n) is 8.65. The van der Waals surface area contributed by atoms with Crippen molar-refractivity contribution in [3.05, 3.63) is 98.6 Å². The Labute approximate surface area is 165 Å². The van der Waals surface area contributed by atoms with Crippen molar-refractivity contribution >= 4 is 28.9 Å². The average Bonchev–Trinajstić information content (AvgIpc) is 3.43. The Bertz CT molecular complexity index is 1040. The van der Waals surface area contributed by atoms with Crippen LogP contribution in [0.5, 0.6) is 0 Å². The van der Waals surface area contributed by atoms with Crippen LogP contribution in [0.4, 0.5) is 0 Å². The number of thiophene rings is 1. The van der Waals surface area contributed by atoms with E-state index in [2.05, 4.69) is 10.3 Å². The second kappa shape index (κ2) is 7.66. The fraction of sp³-hybridized carbons (Fsp3) is 0.0952. The van der Waals surface area contributed by atoms with Gasteiger partial charge in [-0.3, -0.25) is 9.59 Å². The number of hydrazone groups is 1. The highest BCUT2D eigenvalue weighted by molar-refractivity contribution is 7.12. The SMILES string of the molecule is O=NC(=O)c1ccc(C2CC(c3cccs3)=NN2C(=O)c2ccccc2)cc1. The molecular weight excluding hydrogens is 374 g/mol. The Kier molecular flexibility index (Phi) is 4.90. The van der Waals surface area contributed by atoms with Crippen LogP contribution in [0.2, 0.25) is 0 Å². The maximum absolute atomic E-state index is 13.1. The van der Waals surface area contributed by atoms with Crippen LogP contribution >= 0.6 is 11.3 Å². The Hall–Kier alpha value is -3.45. The first kappa shape index (κ1) is 17.9. The lowest BCUT2D eigenvalue weighted by Gasteiger charge is -2.22. The molecule has 0 saturated carbocycles.